The van der Waals surface area contributed by atoms with Crippen molar-refractivity contribution in [1.29, 1.82) is 0 Å². The Hall–Kier alpha value is -1.58. The smallest absolute Gasteiger partial charge is 0.219 e. The molecule has 0 amide bonds. The number of aromatic nitrogens is 1. The second kappa shape index (κ2) is 5.38. The van der Waals surface area contributed by atoms with Crippen LogP contribution in [0.15, 0.2) is 36.5 Å². The molecule has 0 radical (unpaired) electrons. The zero-order valence-electron chi connectivity index (χ0n) is 10.4. The minimum Gasteiger partial charge on any atom is -0.437 e. The Morgan fingerprint density at radius 3 is 2.61 bits per heavy atom. The van der Waals surface area contributed by atoms with E-state index in [0.717, 1.165) is 11.1 Å². The minimum atomic E-state index is -0.0329. The first kappa shape index (κ1) is 12.9. The predicted molar refractivity (Wildman–Crippen MR) is 73.1 cm³/mol. The van der Waals surface area contributed by atoms with Crippen molar-refractivity contribution < 1.29 is 4.74 Å². The van der Waals surface area contributed by atoms with Crippen molar-refractivity contribution in [1.82, 2.24) is 4.98 Å². The van der Waals surface area contributed by atoms with Crippen LogP contribution in [-0.4, -0.2) is 4.98 Å². The van der Waals surface area contributed by atoms with Crippen molar-refractivity contribution in [2.75, 3.05) is 0 Å². The molecule has 18 heavy (non-hydrogen) atoms. The largest absolute Gasteiger partial charge is 0.437 e. The van der Waals surface area contributed by atoms with E-state index in [1.807, 2.05) is 38.1 Å². The maximum Gasteiger partial charge on any atom is 0.219 e. The Morgan fingerprint density at radius 1 is 1.28 bits per heavy atom. The summed E-state index contributed by atoms with van der Waals surface area (Å²) in [6, 6.07) is 9.28. The Balaban J connectivity index is 2.18. The summed E-state index contributed by atoms with van der Waals surface area (Å²) in [5.41, 5.74) is 7.82. The third-order valence-corrected chi connectivity index (χ3v) is 2.88. The van der Waals surface area contributed by atoms with Gasteiger partial charge in [-0.15, -0.1) is 0 Å². The molecular formula is C14H15ClN2O. The summed E-state index contributed by atoms with van der Waals surface area (Å²) in [5.74, 6) is 1.11. The highest BCUT2D eigenvalue weighted by atomic mass is 35.5. The molecule has 0 saturated carbocycles. The molecule has 1 atom stereocenters. The number of nitrogens with zero attached hydrogens (tertiary/aromatic N) is 1. The maximum atomic E-state index is 6.09. The number of halogens is 1. The summed E-state index contributed by atoms with van der Waals surface area (Å²) in [6.45, 7) is 3.89. The monoisotopic (exact) mass is 262 g/mol. The molecule has 0 spiro atoms. The Labute approximate surface area is 112 Å². The Kier molecular flexibility index (Phi) is 3.84. The van der Waals surface area contributed by atoms with E-state index in [0.29, 0.717) is 16.7 Å². The average Bonchev–Trinajstić information content (AvgIpc) is 2.33. The molecule has 0 aliphatic rings. The minimum absolute atomic E-state index is 0.0329. The molecule has 0 saturated heterocycles. The molecule has 0 aliphatic heterocycles. The fourth-order valence-electron chi connectivity index (χ4n) is 1.52. The molecule has 4 heteroatoms. The van der Waals surface area contributed by atoms with Crippen molar-refractivity contribution in [3.8, 4) is 11.6 Å². The van der Waals surface area contributed by atoms with Gasteiger partial charge in [0, 0.05) is 18.3 Å². The van der Waals surface area contributed by atoms with Gasteiger partial charge in [0.15, 0.2) is 0 Å². The summed E-state index contributed by atoms with van der Waals surface area (Å²) >= 11 is 6.09. The molecule has 94 valence electrons. The molecule has 2 N–H and O–H groups in total. The lowest BCUT2D eigenvalue weighted by molar-refractivity contribution is 0.462. The molecule has 1 heterocycles. The second-order valence-electron chi connectivity index (χ2n) is 4.25. The quantitative estimate of drug-likeness (QED) is 0.914. The number of hydrogen-bond acceptors (Lipinski definition) is 3. The molecule has 2 aromatic rings. The van der Waals surface area contributed by atoms with E-state index in [9.17, 15) is 0 Å². The molecule has 1 aromatic carbocycles. The lowest BCUT2D eigenvalue weighted by Crippen LogP contribution is -2.05. The summed E-state index contributed by atoms with van der Waals surface area (Å²) in [4.78, 5) is 4.20. The topological polar surface area (TPSA) is 48.1 Å². The van der Waals surface area contributed by atoms with E-state index in [-0.39, 0.29) is 6.04 Å². The third-order valence-electron chi connectivity index (χ3n) is 2.59. The summed E-state index contributed by atoms with van der Waals surface area (Å²) in [5, 5.41) is 0.577. The van der Waals surface area contributed by atoms with E-state index in [2.05, 4.69) is 4.98 Å². The van der Waals surface area contributed by atoms with Gasteiger partial charge in [-0.3, -0.25) is 0 Å². The fourth-order valence-corrected chi connectivity index (χ4v) is 1.80. The highest BCUT2D eigenvalue weighted by molar-refractivity contribution is 6.32. The van der Waals surface area contributed by atoms with E-state index in [1.54, 1.807) is 12.3 Å². The van der Waals surface area contributed by atoms with Gasteiger partial charge in [-0.2, -0.15) is 0 Å². The molecule has 0 bridgehead atoms. The van der Waals surface area contributed by atoms with Gasteiger partial charge >= 0.3 is 0 Å². The molecule has 1 aromatic heterocycles. The molecule has 3 nitrogen and oxygen atoms in total. The normalized spacial score (nSPS) is 12.2. The van der Waals surface area contributed by atoms with Gasteiger partial charge in [0.1, 0.15) is 5.75 Å². The lowest BCUT2D eigenvalue weighted by Gasteiger charge is -2.09. The van der Waals surface area contributed by atoms with Crippen molar-refractivity contribution in [3.05, 3.63) is 52.7 Å². The van der Waals surface area contributed by atoms with Gasteiger partial charge in [0.2, 0.25) is 5.88 Å². The van der Waals surface area contributed by atoms with Crippen LogP contribution >= 0.6 is 11.6 Å². The number of pyridine rings is 1. The van der Waals surface area contributed by atoms with Crippen LogP contribution in [-0.2, 0) is 0 Å². The number of ether oxygens (including phenoxy) is 1. The number of rotatable bonds is 3. The lowest BCUT2D eigenvalue weighted by atomic mass is 10.2. The SMILES string of the molecule is Cc1ccc(Oc2ccc([C@@H](C)N)cn2)c(Cl)c1. The van der Waals surface area contributed by atoms with Crippen LogP contribution in [0.5, 0.6) is 11.6 Å². The molecule has 2 rings (SSSR count). The van der Waals surface area contributed by atoms with Crippen LogP contribution in [0.2, 0.25) is 5.02 Å². The highest BCUT2D eigenvalue weighted by Crippen LogP contribution is 2.29. The molecular weight excluding hydrogens is 248 g/mol. The molecule has 0 aliphatic carbocycles. The number of hydrogen-bond donors (Lipinski definition) is 1. The van der Waals surface area contributed by atoms with Crippen molar-refractivity contribution in [3.63, 3.8) is 0 Å². The van der Waals surface area contributed by atoms with Gasteiger partial charge in [0.25, 0.3) is 0 Å². The van der Waals surface area contributed by atoms with E-state index >= 15 is 0 Å². The number of benzene rings is 1. The number of aryl methyl sites for hydroxylation is 1. The summed E-state index contributed by atoms with van der Waals surface area (Å²) < 4.78 is 5.61. The van der Waals surface area contributed by atoms with E-state index in [4.69, 9.17) is 22.1 Å². The van der Waals surface area contributed by atoms with Crippen molar-refractivity contribution in [2.45, 2.75) is 19.9 Å². The summed E-state index contributed by atoms with van der Waals surface area (Å²) in [7, 11) is 0. The predicted octanol–water partition coefficient (Wildman–Crippen LogP) is 3.86. The van der Waals surface area contributed by atoms with Gasteiger partial charge in [-0.1, -0.05) is 23.7 Å². The Morgan fingerprint density at radius 2 is 2.06 bits per heavy atom. The maximum absolute atomic E-state index is 6.09. The average molecular weight is 263 g/mol. The first-order chi connectivity index (χ1) is 8.56. The second-order valence-corrected chi connectivity index (χ2v) is 4.66. The fraction of sp³-hybridized carbons (Fsp3) is 0.214. The van der Waals surface area contributed by atoms with Gasteiger partial charge < -0.3 is 10.5 Å². The first-order valence-electron chi connectivity index (χ1n) is 5.72. The zero-order chi connectivity index (χ0) is 13.1. The van der Waals surface area contributed by atoms with Gasteiger partial charge in [0.05, 0.1) is 5.02 Å². The van der Waals surface area contributed by atoms with Crippen LogP contribution in [0.4, 0.5) is 0 Å². The number of nitrogens with two attached hydrogens (primary N) is 1. The van der Waals surface area contributed by atoms with E-state index in [1.165, 1.54) is 0 Å². The van der Waals surface area contributed by atoms with Crippen LogP contribution in [0.3, 0.4) is 0 Å². The van der Waals surface area contributed by atoms with E-state index < -0.39 is 0 Å². The highest BCUT2D eigenvalue weighted by Gasteiger charge is 2.05. The standard InChI is InChI=1S/C14H15ClN2O/c1-9-3-5-13(12(15)7-9)18-14-6-4-11(8-17-14)10(2)16/h3-8,10H,16H2,1-2H3/t10-/m1/s1. The molecule has 0 fully saturated rings. The first-order valence-corrected chi connectivity index (χ1v) is 6.09. The van der Waals surface area contributed by atoms with Crippen LogP contribution < -0.4 is 10.5 Å². The van der Waals surface area contributed by atoms with Crippen molar-refractivity contribution in [2.24, 2.45) is 5.73 Å². The van der Waals surface area contributed by atoms with Crippen LogP contribution in [0, 0.1) is 6.92 Å². The van der Waals surface area contributed by atoms with Crippen LogP contribution in [0.25, 0.3) is 0 Å². The van der Waals surface area contributed by atoms with Gasteiger partial charge in [-0.25, -0.2) is 4.98 Å². The zero-order valence-corrected chi connectivity index (χ0v) is 11.1. The van der Waals surface area contributed by atoms with Crippen molar-refractivity contribution >= 4 is 11.6 Å². The van der Waals surface area contributed by atoms with Gasteiger partial charge in [-0.05, 0) is 37.1 Å². The third kappa shape index (κ3) is 3.00. The summed E-state index contributed by atoms with van der Waals surface area (Å²) in [6.07, 6.45) is 1.71. The molecule has 0 unspecified atom stereocenters. The van der Waals surface area contributed by atoms with Crippen LogP contribution in [0.1, 0.15) is 24.1 Å². The Bertz CT molecular complexity index is 538.